The lowest BCUT2D eigenvalue weighted by Gasteiger charge is -2.19. The summed E-state index contributed by atoms with van der Waals surface area (Å²) < 4.78 is 45.2. The first-order valence-electron chi connectivity index (χ1n) is 16.7. The lowest BCUT2D eigenvalue weighted by Crippen LogP contribution is -2.42. The van der Waals surface area contributed by atoms with Crippen molar-refractivity contribution >= 4 is 34.0 Å². The van der Waals surface area contributed by atoms with Crippen molar-refractivity contribution in [1.29, 1.82) is 0 Å². The minimum atomic E-state index is -4.43. The number of aliphatic carboxylic acids is 1. The number of hydrogen-bond donors (Lipinski definition) is 2. The van der Waals surface area contributed by atoms with Crippen LogP contribution in [0.15, 0.2) is 84.9 Å². The number of carbonyl (C=O) groups is 2. The molecule has 1 saturated carbocycles. The Labute approximate surface area is 293 Å². The molecule has 0 saturated heterocycles. The van der Waals surface area contributed by atoms with Crippen LogP contribution in [0.5, 0.6) is 11.5 Å². The zero-order valence-electron chi connectivity index (χ0n) is 28.1. The van der Waals surface area contributed by atoms with Gasteiger partial charge in [-0.1, -0.05) is 76.8 Å². The highest BCUT2D eigenvalue weighted by molar-refractivity contribution is 7.15. The van der Waals surface area contributed by atoms with Gasteiger partial charge in [-0.05, 0) is 88.9 Å². The minimum Gasteiger partial charge on any atom is -0.480 e. The van der Waals surface area contributed by atoms with E-state index in [0.29, 0.717) is 33.4 Å². The molecule has 260 valence electrons. The fourth-order valence-corrected chi connectivity index (χ4v) is 7.44. The molecule has 1 amide bonds. The average molecular weight is 701 g/mol. The van der Waals surface area contributed by atoms with E-state index in [4.69, 9.17) is 9.72 Å². The van der Waals surface area contributed by atoms with Crippen LogP contribution in [-0.4, -0.2) is 28.0 Å². The highest BCUT2D eigenvalue weighted by Crippen LogP contribution is 2.35. The molecule has 0 radical (unpaired) electrons. The zero-order chi connectivity index (χ0) is 35.6. The second-order valence-corrected chi connectivity index (χ2v) is 15.1. The first-order valence-corrected chi connectivity index (χ1v) is 17.6. The number of nitrogens with one attached hydrogen (secondary N) is 1. The Balaban J connectivity index is 1.21. The van der Waals surface area contributed by atoms with E-state index in [9.17, 15) is 27.9 Å². The van der Waals surface area contributed by atoms with E-state index in [1.54, 1.807) is 18.2 Å². The van der Waals surface area contributed by atoms with E-state index < -0.39 is 29.7 Å². The minimum absolute atomic E-state index is 0.00627. The molecular formula is C40H39F3N2O4S. The Kier molecular flexibility index (Phi) is 10.0. The van der Waals surface area contributed by atoms with Crippen LogP contribution >= 0.6 is 11.3 Å². The van der Waals surface area contributed by atoms with Crippen molar-refractivity contribution in [2.75, 3.05) is 0 Å². The van der Waals surface area contributed by atoms with E-state index in [0.717, 1.165) is 60.0 Å². The number of carboxylic acids is 1. The number of nitrogens with zero attached hydrogens (tertiary/aromatic N) is 1. The number of rotatable bonds is 10. The summed E-state index contributed by atoms with van der Waals surface area (Å²) in [6.07, 6.45) is 0.771. The molecule has 2 N–H and O–H groups in total. The number of ether oxygens (including phenoxy) is 1. The molecule has 6 nitrogen and oxygen atoms in total. The summed E-state index contributed by atoms with van der Waals surface area (Å²) in [5.41, 5.74) is 2.01. The SMILES string of the molecule is CC(C)(C)c1ccc(Oc2ccc3cc(C(=O)N[C@@H](Cc4ccc(-c5ccc(C(F)(F)F)cc5)s4)C(=O)O)nc(CC4CCCC4)c3c2)cc1. The monoisotopic (exact) mass is 700 g/mol. The number of alkyl halides is 3. The number of halogens is 3. The predicted molar refractivity (Wildman–Crippen MR) is 190 cm³/mol. The molecule has 0 unspecified atom stereocenters. The molecule has 1 fully saturated rings. The van der Waals surface area contributed by atoms with Gasteiger partial charge in [-0.15, -0.1) is 11.3 Å². The topological polar surface area (TPSA) is 88.5 Å². The van der Waals surface area contributed by atoms with Crippen molar-refractivity contribution < 1.29 is 32.6 Å². The number of aromatic nitrogens is 1. The molecule has 5 aromatic rings. The van der Waals surface area contributed by atoms with E-state index in [1.807, 2.05) is 30.3 Å². The second kappa shape index (κ2) is 14.3. The van der Waals surface area contributed by atoms with Crippen molar-refractivity contribution in [2.45, 2.75) is 76.9 Å². The normalized spacial score (nSPS) is 14.5. The van der Waals surface area contributed by atoms with Crippen LogP contribution < -0.4 is 10.1 Å². The number of thiophene rings is 1. The van der Waals surface area contributed by atoms with Gasteiger partial charge in [-0.2, -0.15) is 13.2 Å². The number of carboxylic acid groups (broad SMARTS) is 1. The van der Waals surface area contributed by atoms with Crippen LogP contribution in [0.3, 0.4) is 0 Å². The number of benzene rings is 3. The number of pyridine rings is 1. The van der Waals surface area contributed by atoms with Crippen LogP contribution in [-0.2, 0) is 29.2 Å². The third-order valence-electron chi connectivity index (χ3n) is 9.20. The lowest BCUT2D eigenvalue weighted by molar-refractivity contribution is -0.139. The van der Waals surface area contributed by atoms with Gasteiger partial charge in [-0.25, -0.2) is 9.78 Å². The molecule has 1 atom stereocenters. The van der Waals surface area contributed by atoms with Crippen molar-refractivity contribution in [1.82, 2.24) is 10.3 Å². The standard InChI is InChI=1S/C40H39F3N2O4S/c1-39(2,3)27-13-16-29(17-14-27)49-30-15-10-26-21-34(44-33(32(26)22-30)20-24-6-4-5-7-24)37(46)45-35(38(47)48)23-31-18-19-36(50-31)25-8-11-28(12-9-25)40(41,42)43/h8-19,21-22,24,35H,4-7,20,23H2,1-3H3,(H,45,46)(H,47,48)/t35-/m0/s1. The largest absolute Gasteiger partial charge is 0.480 e. The third kappa shape index (κ3) is 8.35. The Morgan fingerprint density at radius 1 is 0.900 bits per heavy atom. The van der Waals surface area contributed by atoms with Gasteiger partial charge < -0.3 is 15.2 Å². The molecule has 0 bridgehead atoms. The summed E-state index contributed by atoms with van der Waals surface area (Å²) in [7, 11) is 0. The van der Waals surface area contributed by atoms with Crippen molar-refractivity contribution in [3.63, 3.8) is 0 Å². The van der Waals surface area contributed by atoms with Gasteiger partial charge in [0.25, 0.3) is 5.91 Å². The zero-order valence-corrected chi connectivity index (χ0v) is 29.0. The number of carbonyl (C=O) groups excluding carboxylic acids is 1. The van der Waals surface area contributed by atoms with Crippen molar-refractivity contribution in [3.05, 3.63) is 112 Å². The maximum Gasteiger partial charge on any atom is 0.416 e. The van der Waals surface area contributed by atoms with Crippen LogP contribution in [0.4, 0.5) is 13.2 Å². The van der Waals surface area contributed by atoms with Crippen LogP contribution in [0, 0.1) is 5.92 Å². The molecule has 0 aliphatic heterocycles. The molecule has 10 heteroatoms. The van der Waals surface area contributed by atoms with Gasteiger partial charge in [0.2, 0.25) is 0 Å². The summed E-state index contributed by atoms with van der Waals surface area (Å²) in [4.78, 5) is 32.0. The molecule has 3 aromatic carbocycles. The first kappa shape index (κ1) is 35.1. The van der Waals surface area contributed by atoms with Crippen molar-refractivity contribution in [3.8, 4) is 21.9 Å². The Bertz CT molecular complexity index is 1990. The Morgan fingerprint density at radius 2 is 1.56 bits per heavy atom. The van der Waals surface area contributed by atoms with Gasteiger partial charge in [0, 0.05) is 27.3 Å². The van der Waals surface area contributed by atoms with Gasteiger partial charge in [0.15, 0.2) is 0 Å². The number of amides is 1. The summed E-state index contributed by atoms with van der Waals surface area (Å²) in [5, 5.41) is 14.4. The van der Waals surface area contributed by atoms with E-state index in [-0.39, 0.29) is 17.5 Å². The Morgan fingerprint density at radius 3 is 2.20 bits per heavy atom. The molecule has 50 heavy (non-hydrogen) atoms. The summed E-state index contributed by atoms with van der Waals surface area (Å²) in [6, 6.07) is 22.5. The lowest BCUT2D eigenvalue weighted by atomic mass is 9.87. The highest BCUT2D eigenvalue weighted by Gasteiger charge is 2.30. The number of hydrogen-bond acceptors (Lipinski definition) is 5. The maximum atomic E-state index is 13.6. The molecule has 2 aromatic heterocycles. The van der Waals surface area contributed by atoms with Gasteiger partial charge in [-0.3, -0.25) is 4.79 Å². The third-order valence-corrected chi connectivity index (χ3v) is 10.4. The van der Waals surface area contributed by atoms with Crippen LogP contribution in [0.2, 0.25) is 0 Å². The Hall–Kier alpha value is -4.70. The molecule has 0 spiro atoms. The average Bonchev–Trinajstić information content (AvgIpc) is 3.76. The molecular weight excluding hydrogens is 662 g/mol. The quantitative estimate of drug-likeness (QED) is 0.151. The van der Waals surface area contributed by atoms with Gasteiger partial charge >= 0.3 is 12.1 Å². The highest BCUT2D eigenvalue weighted by atomic mass is 32.1. The van der Waals surface area contributed by atoms with E-state index in [1.165, 1.54) is 29.0 Å². The summed E-state index contributed by atoms with van der Waals surface area (Å²) >= 11 is 1.27. The smallest absolute Gasteiger partial charge is 0.416 e. The van der Waals surface area contributed by atoms with Crippen LogP contribution in [0.25, 0.3) is 21.2 Å². The predicted octanol–water partition coefficient (Wildman–Crippen LogP) is 10.2. The fraction of sp³-hybridized carbons (Fsp3) is 0.325. The fourth-order valence-electron chi connectivity index (χ4n) is 6.38. The van der Waals surface area contributed by atoms with Gasteiger partial charge in [0.05, 0.1) is 5.56 Å². The van der Waals surface area contributed by atoms with E-state index >= 15 is 0 Å². The molecule has 6 rings (SSSR count). The maximum absolute atomic E-state index is 13.6. The second-order valence-electron chi connectivity index (χ2n) is 14.0. The number of fused-ring (bicyclic) bond motifs is 1. The molecule has 2 heterocycles. The molecule has 1 aliphatic carbocycles. The molecule has 1 aliphatic rings. The summed E-state index contributed by atoms with van der Waals surface area (Å²) in [6.45, 7) is 6.49. The van der Waals surface area contributed by atoms with Crippen LogP contribution in [0.1, 0.15) is 78.6 Å². The van der Waals surface area contributed by atoms with Gasteiger partial charge in [0.1, 0.15) is 23.2 Å². The van der Waals surface area contributed by atoms with Crippen molar-refractivity contribution in [2.24, 2.45) is 5.92 Å². The first-order chi connectivity index (χ1) is 23.7. The summed E-state index contributed by atoms with van der Waals surface area (Å²) in [5.74, 6) is 0.0293. The van der Waals surface area contributed by atoms with E-state index in [2.05, 4.69) is 38.2 Å².